The lowest BCUT2D eigenvalue weighted by atomic mass is 9.85. The minimum Gasteiger partial charge on any atom is -0.444 e. The lowest BCUT2D eigenvalue weighted by molar-refractivity contribution is 0.0274. The predicted molar refractivity (Wildman–Crippen MR) is 93.1 cm³/mol. The minimum absolute atomic E-state index is 0.158. The smallest absolute Gasteiger partial charge is 0.410 e. The highest BCUT2D eigenvalue weighted by atomic mass is 16.6. The molecule has 1 saturated heterocycles. The normalized spacial score (nSPS) is 26.2. The summed E-state index contributed by atoms with van der Waals surface area (Å²) in [7, 11) is 0. The molecule has 124 valence electrons. The number of likely N-dealkylation sites (tertiary alicyclic amines) is 1. The summed E-state index contributed by atoms with van der Waals surface area (Å²) in [6.07, 6.45) is 6.71. The molecule has 1 heterocycles. The molecule has 1 saturated carbocycles. The average Bonchev–Trinajstić information content (AvgIpc) is 3.06. The van der Waals surface area contributed by atoms with Crippen LogP contribution in [0.4, 0.5) is 4.79 Å². The summed E-state index contributed by atoms with van der Waals surface area (Å²) in [6.45, 7) is 7.44. The number of hydrogen-bond acceptors (Lipinski definition) is 2. The van der Waals surface area contributed by atoms with E-state index in [-0.39, 0.29) is 11.5 Å². The fourth-order valence-electron chi connectivity index (χ4n) is 3.76. The van der Waals surface area contributed by atoms with Crippen LogP contribution in [0.1, 0.15) is 52.0 Å². The number of carbonyl (C=O) groups is 1. The highest BCUT2D eigenvalue weighted by Gasteiger charge is 2.44. The van der Waals surface area contributed by atoms with E-state index in [0.29, 0.717) is 0 Å². The maximum absolute atomic E-state index is 12.3. The summed E-state index contributed by atoms with van der Waals surface area (Å²) in [4.78, 5) is 14.2. The first kappa shape index (κ1) is 16.1. The van der Waals surface area contributed by atoms with E-state index >= 15 is 0 Å². The van der Waals surface area contributed by atoms with Crippen molar-refractivity contribution in [2.75, 3.05) is 13.1 Å². The van der Waals surface area contributed by atoms with E-state index in [9.17, 15) is 4.79 Å². The van der Waals surface area contributed by atoms with Crippen LogP contribution in [0.3, 0.4) is 0 Å². The van der Waals surface area contributed by atoms with Gasteiger partial charge in [0.1, 0.15) is 5.60 Å². The molecule has 1 spiro atoms. The van der Waals surface area contributed by atoms with Crippen LogP contribution in [0, 0.1) is 5.41 Å². The van der Waals surface area contributed by atoms with E-state index in [1.807, 2.05) is 31.7 Å². The monoisotopic (exact) mass is 313 g/mol. The van der Waals surface area contributed by atoms with Gasteiger partial charge in [-0.15, -0.1) is 0 Å². The molecule has 1 amide bonds. The standard InChI is InChI=1S/C20H27NO2/c1-19(2,3)23-18(22)21-12-11-20(15-21)10-9-17(14-20)13-16-7-5-4-6-8-16/h4-8,13H,9-12,14-15H2,1-3H3/b17-13-. The minimum atomic E-state index is -0.416. The number of rotatable bonds is 1. The van der Waals surface area contributed by atoms with Gasteiger partial charge in [-0.05, 0) is 57.4 Å². The number of carbonyl (C=O) groups excluding carboxylic acids is 1. The third-order valence-electron chi connectivity index (χ3n) is 4.84. The van der Waals surface area contributed by atoms with E-state index in [1.165, 1.54) is 17.6 Å². The van der Waals surface area contributed by atoms with Gasteiger partial charge in [0.2, 0.25) is 0 Å². The van der Waals surface area contributed by atoms with Crippen LogP contribution in [0.2, 0.25) is 0 Å². The molecule has 2 aliphatic rings. The first-order valence-electron chi connectivity index (χ1n) is 8.58. The number of hydrogen-bond donors (Lipinski definition) is 0. The van der Waals surface area contributed by atoms with Gasteiger partial charge < -0.3 is 9.64 Å². The number of benzene rings is 1. The lowest BCUT2D eigenvalue weighted by Gasteiger charge is -2.26. The third kappa shape index (κ3) is 3.95. The average molecular weight is 313 g/mol. The molecule has 3 heteroatoms. The van der Waals surface area contributed by atoms with E-state index in [1.54, 1.807) is 0 Å². The molecule has 3 nitrogen and oxygen atoms in total. The summed E-state index contributed by atoms with van der Waals surface area (Å²) in [5.74, 6) is 0. The lowest BCUT2D eigenvalue weighted by Crippen LogP contribution is -2.36. The molecule has 0 radical (unpaired) electrons. The van der Waals surface area contributed by atoms with Crippen molar-refractivity contribution < 1.29 is 9.53 Å². The van der Waals surface area contributed by atoms with E-state index in [0.717, 1.165) is 32.4 Å². The van der Waals surface area contributed by atoms with Gasteiger partial charge >= 0.3 is 6.09 Å². The van der Waals surface area contributed by atoms with Crippen molar-refractivity contribution >= 4 is 12.2 Å². The maximum atomic E-state index is 12.3. The maximum Gasteiger partial charge on any atom is 0.410 e. The summed E-state index contributed by atoms with van der Waals surface area (Å²) < 4.78 is 5.52. The summed E-state index contributed by atoms with van der Waals surface area (Å²) in [5, 5.41) is 0. The molecule has 1 aliphatic heterocycles. The molecule has 23 heavy (non-hydrogen) atoms. The Bertz CT molecular complexity index is 600. The van der Waals surface area contributed by atoms with Gasteiger partial charge in [-0.3, -0.25) is 0 Å². The number of nitrogens with zero attached hydrogens (tertiary/aromatic N) is 1. The Kier molecular flexibility index (Phi) is 4.22. The largest absolute Gasteiger partial charge is 0.444 e. The molecule has 1 aliphatic carbocycles. The van der Waals surface area contributed by atoms with Crippen LogP contribution in [0.5, 0.6) is 0 Å². The highest BCUT2D eigenvalue weighted by Crippen LogP contribution is 2.48. The molecule has 3 rings (SSSR count). The molecular weight excluding hydrogens is 286 g/mol. The van der Waals surface area contributed by atoms with Crippen LogP contribution in [-0.2, 0) is 4.74 Å². The number of allylic oxidation sites excluding steroid dienone is 1. The second-order valence-electron chi connectivity index (χ2n) is 8.04. The molecule has 0 bridgehead atoms. The number of ether oxygens (including phenoxy) is 1. The molecule has 0 aromatic heterocycles. The van der Waals surface area contributed by atoms with Gasteiger partial charge in [-0.1, -0.05) is 42.0 Å². The molecule has 1 aromatic rings. The zero-order valence-electron chi connectivity index (χ0n) is 14.5. The van der Waals surface area contributed by atoms with Gasteiger partial charge in [0.05, 0.1) is 0 Å². The Labute approximate surface area is 139 Å². The van der Waals surface area contributed by atoms with Crippen molar-refractivity contribution in [3.8, 4) is 0 Å². The van der Waals surface area contributed by atoms with Crippen LogP contribution in [0.25, 0.3) is 6.08 Å². The Balaban J connectivity index is 1.63. The zero-order valence-corrected chi connectivity index (χ0v) is 14.5. The molecule has 1 aromatic carbocycles. The Morgan fingerprint density at radius 3 is 2.65 bits per heavy atom. The SMILES string of the molecule is CC(C)(C)OC(=O)N1CCC2(CC/C(=C/c3ccccc3)C2)C1. The van der Waals surface area contributed by atoms with Gasteiger partial charge in [-0.2, -0.15) is 0 Å². The summed E-state index contributed by atoms with van der Waals surface area (Å²) >= 11 is 0. The fourth-order valence-corrected chi connectivity index (χ4v) is 3.76. The second-order valence-corrected chi connectivity index (χ2v) is 8.04. The highest BCUT2D eigenvalue weighted by molar-refractivity contribution is 5.68. The zero-order chi connectivity index (χ0) is 16.5. The van der Waals surface area contributed by atoms with Crippen LogP contribution < -0.4 is 0 Å². The summed E-state index contributed by atoms with van der Waals surface area (Å²) in [5.41, 5.74) is 2.65. The quantitative estimate of drug-likeness (QED) is 0.739. The van der Waals surface area contributed by atoms with Gasteiger partial charge in [0, 0.05) is 13.1 Å². The van der Waals surface area contributed by atoms with Crippen molar-refractivity contribution in [1.29, 1.82) is 0 Å². The molecule has 1 unspecified atom stereocenters. The van der Waals surface area contributed by atoms with Crippen LogP contribution >= 0.6 is 0 Å². The Hall–Kier alpha value is -1.77. The van der Waals surface area contributed by atoms with Crippen LogP contribution in [0.15, 0.2) is 35.9 Å². The molecule has 2 fully saturated rings. The van der Waals surface area contributed by atoms with Crippen molar-refractivity contribution in [3.05, 3.63) is 41.5 Å². The molecule has 0 N–H and O–H groups in total. The van der Waals surface area contributed by atoms with Gasteiger partial charge in [0.15, 0.2) is 0 Å². The first-order valence-corrected chi connectivity index (χ1v) is 8.58. The van der Waals surface area contributed by atoms with Gasteiger partial charge in [0.25, 0.3) is 0 Å². The van der Waals surface area contributed by atoms with Crippen molar-refractivity contribution in [2.24, 2.45) is 5.41 Å². The van der Waals surface area contributed by atoms with E-state index < -0.39 is 5.60 Å². The topological polar surface area (TPSA) is 29.5 Å². The second kappa shape index (κ2) is 6.03. The third-order valence-corrected chi connectivity index (χ3v) is 4.84. The van der Waals surface area contributed by atoms with E-state index in [2.05, 4.69) is 30.3 Å². The summed E-state index contributed by atoms with van der Waals surface area (Å²) in [6, 6.07) is 10.5. The molecular formula is C20H27NO2. The molecule has 1 atom stereocenters. The van der Waals surface area contributed by atoms with Crippen molar-refractivity contribution in [1.82, 2.24) is 4.90 Å². The number of amides is 1. The Morgan fingerprint density at radius 2 is 1.96 bits per heavy atom. The van der Waals surface area contributed by atoms with E-state index in [4.69, 9.17) is 4.74 Å². The van der Waals surface area contributed by atoms with Crippen molar-refractivity contribution in [2.45, 2.75) is 52.1 Å². The van der Waals surface area contributed by atoms with Crippen molar-refractivity contribution in [3.63, 3.8) is 0 Å². The van der Waals surface area contributed by atoms with Crippen LogP contribution in [-0.4, -0.2) is 29.7 Å². The first-order chi connectivity index (χ1) is 10.9. The van der Waals surface area contributed by atoms with Gasteiger partial charge in [-0.25, -0.2) is 4.79 Å². The predicted octanol–water partition coefficient (Wildman–Crippen LogP) is 4.88. The fraction of sp³-hybridized carbons (Fsp3) is 0.550. The Morgan fingerprint density at radius 1 is 1.22 bits per heavy atom.